The first-order chi connectivity index (χ1) is 11.7. The lowest BCUT2D eigenvalue weighted by Crippen LogP contribution is -2.34. The predicted octanol–water partition coefficient (Wildman–Crippen LogP) is 5.88. The van der Waals surface area contributed by atoms with E-state index in [4.69, 9.17) is 4.99 Å². The fourth-order valence-electron chi connectivity index (χ4n) is 4.60. The smallest absolute Gasteiger partial charge is 0.0643 e. The molecule has 0 aromatic heterocycles. The average Bonchev–Trinajstić information content (AvgIpc) is 2.62. The molecular formula is C23H27N. The van der Waals surface area contributed by atoms with E-state index in [1.54, 1.807) is 0 Å². The quantitative estimate of drug-likeness (QED) is 0.655. The van der Waals surface area contributed by atoms with Crippen LogP contribution in [0.3, 0.4) is 0 Å². The molecule has 0 heterocycles. The molecule has 0 aliphatic heterocycles. The average molecular weight is 317 g/mol. The highest BCUT2D eigenvalue weighted by Crippen LogP contribution is 2.46. The first-order valence-electron chi connectivity index (χ1n) is 9.41. The minimum absolute atomic E-state index is 0.482. The number of benzene rings is 2. The van der Waals surface area contributed by atoms with Gasteiger partial charge in [0.15, 0.2) is 0 Å². The normalized spacial score (nSPS) is 21.0. The summed E-state index contributed by atoms with van der Waals surface area (Å²) in [6.07, 6.45) is 9.40. The maximum absolute atomic E-state index is 5.10. The molecule has 1 fully saturated rings. The molecule has 2 aliphatic rings. The fraction of sp³-hybridized carbons (Fsp3) is 0.435. The molecule has 2 aliphatic carbocycles. The minimum Gasteiger partial charge on any atom is -0.284 e. The van der Waals surface area contributed by atoms with Crippen molar-refractivity contribution in [2.75, 3.05) is 0 Å². The highest BCUT2D eigenvalue weighted by molar-refractivity contribution is 6.03. The zero-order valence-corrected chi connectivity index (χ0v) is 14.7. The topological polar surface area (TPSA) is 12.4 Å². The van der Waals surface area contributed by atoms with Crippen LogP contribution in [-0.4, -0.2) is 5.71 Å². The molecule has 0 amide bonds. The minimum atomic E-state index is 0.482. The Hall–Kier alpha value is -1.89. The highest BCUT2D eigenvalue weighted by Gasteiger charge is 2.38. The molecule has 4 rings (SSSR count). The number of rotatable bonds is 2. The van der Waals surface area contributed by atoms with Gasteiger partial charge in [0.25, 0.3) is 0 Å². The molecule has 0 saturated heterocycles. The first kappa shape index (κ1) is 15.6. The van der Waals surface area contributed by atoms with Gasteiger partial charge in [-0.2, -0.15) is 0 Å². The monoisotopic (exact) mass is 317 g/mol. The van der Waals surface area contributed by atoms with Crippen molar-refractivity contribution in [3.63, 3.8) is 0 Å². The van der Waals surface area contributed by atoms with Crippen molar-refractivity contribution >= 4 is 5.71 Å². The fourth-order valence-corrected chi connectivity index (χ4v) is 4.60. The summed E-state index contributed by atoms with van der Waals surface area (Å²) in [7, 11) is 0. The lowest BCUT2D eigenvalue weighted by Gasteiger charge is -2.42. The Morgan fingerprint density at radius 1 is 0.917 bits per heavy atom. The molecule has 24 heavy (non-hydrogen) atoms. The molecule has 2 aromatic carbocycles. The Labute approximate surface area is 145 Å². The van der Waals surface area contributed by atoms with Crippen molar-refractivity contribution in [3.05, 3.63) is 70.8 Å². The van der Waals surface area contributed by atoms with Crippen LogP contribution < -0.4 is 0 Å². The van der Waals surface area contributed by atoms with E-state index in [0.29, 0.717) is 5.41 Å². The summed E-state index contributed by atoms with van der Waals surface area (Å²) in [5.74, 6) is 0. The van der Waals surface area contributed by atoms with Crippen LogP contribution in [0.2, 0.25) is 0 Å². The number of nitrogens with zero attached hydrogens (tertiary/aromatic N) is 1. The molecule has 0 atom stereocenters. The zero-order chi connectivity index (χ0) is 16.4. The van der Waals surface area contributed by atoms with Crippen LogP contribution in [0.15, 0.2) is 53.5 Å². The zero-order valence-electron chi connectivity index (χ0n) is 14.7. The van der Waals surface area contributed by atoms with E-state index in [1.165, 1.54) is 72.9 Å². The van der Waals surface area contributed by atoms with Crippen molar-refractivity contribution in [2.24, 2.45) is 10.4 Å². The Bertz CT molecular complexity index is 736. The molecule has 2 aromatic rings. The van der Waals surface area contributed by atoms with Crippen molar-refractivity contribution < 1.29 is 0 Å². The number of aryl methyl sites for hydroxylation is 1. The SMILES string of the molecule is Cc1ccc2c(c1)C(=NCc1ccccc1)CC1(CCCCC1)C2. The van der Waals surface area contributed by atoms with E-state index in [9.17, 15) is 0 Å². The van der Waals surface area contributed by atoms with Crippen LogP contribution in [0.5, 0.6) is 0 Å². The molecule has 1 nitrogen and oxygen atoms in total. The molecule has 1 saturated carbocycles. The molecule has 1 spiro atoms. The third-order valence-electron chi connectivity index (χ3n) is 5.89. The van der Waals surface area contributed by atoms with Crippen molar-refractivity contribution in [3.8, 4) is 0 Å². The van der Waals surface area contributed by atoms with Gasteiger partial charge in [0.05, 0.1) is 6.54 Å². The van der Waals surface area contributed by atoms with Gasteiger partial charge >= 0.3 is 0 Å². The molecular weight excluding hydrogens is 290 g/mol. The third kappa shape index (κ3) is 3.17. The molecule has 1 heteroatoms. The van der Waals surface area contributed by atoms with E-state index in [1.807, 2.05) is 0 Å². The summed E-state index contributed by atoms with van der Waals surface area (Å²) in [6, 6.07) is 17.6. The lowest BCUT2D eigenvalue weighted by molar-refractivity contribution is 0.193. The second-order valence-corrected chi connectivity index (χ2v) is 7.82. The molecule has 0 N–H and O–H groups in total. The predicted molar refractivity (Wildman–Crippen MR) is 102 cm³/mol. The van der Waals surface area contributed by atoms with E-state index in [0.717, 1.165) is 6.54 Å². The maximum Gasteiger partial charge on any atom is 0.0643 e. The molecule has 0 unspecified atom stereocenters. The summed E-state index contributed by atoms with van der Waals surface area (Å²) < 4.78 is 0. The van der Waals surface area contributed by atoms with Gasteiger partial charge in [-0.1, -0.05) is 67.3 Å². The molecule has 0 radical (unpaired) electrons. The van der Waals surface area contributed by atoms with Crippen LogP contribution in [0.4, 0.5) is 0 Å². The largest absolute Gasteiger partial charge is 0.284 e. The number of aliphatic imine (C=N–C) groups is 1. The number of hydrogen-bond acceptors (Lipinski definition) is 1. The van der Waals surface area contributed by atoms with Crippen LogP contribution in [-0.2, 0) is 13.0 Å². The van der Waals surface area contributed by atoms with Gasteiger partial charge in [0.2, 0.25) is 0 Å². The Balaban J connectivity index is 1.69. The van der Waals surface area contributed by atoms with Gasteiger partial charge in [-0.05, 0) is 60.8 Å². The van der Waals surface area contributed by atoms with Crippen LogP contribution in [0, 0.1) is 12.3 Å². The first-order valence-corrected chi connectivity index (χ1v) is 9.41. The summed E-state index contributed by atoms with van der Waals surface area (Å²) in [4.78, 5) is 5.10. The van der Waals surface area contributed by atoms with Gasteiger partial charge in [-0.3, -0.25) is 4.99 Å². The lowest BCUT2D eigenvalue weighted by atomic mass is 9.63. The second-order valence-electron chi connectivity index (χ2n) is 7.82. The van der Waals surface area contributed by atoms with Gasteiger partial charge in [-0.25, -0.2) is 0 Å². The van der Waals surface area contributed by atoms with Gasteiger partial charge in [0.1, 0.15) is 0 Å². The van der Waals surface area contributed by atoms with E-state index >= 15 is 0 Å². The highest BCUT2D eigenvalue weighted by atomic mass is 14.7. The third-order valence-corrected chi connectivity index (χ3v) is 5.89. The number of fused-ring (bicyclic) bond motifs is 1. The van der Waals surface area contributed by atoms with E-state index in [-0.39, 0.29) is 0 Å². The summed E-state index contributed by atoms with van der Waals surface area (Å²) >= 11 is 0. The van der Waals surface area contributed by atoms with Gasteiger partial charge < -0.3 is 0 Å². The summed E-state index contributed by atoms with van der Waals surface area (Å²) in [5, 5.41) is 0. The van der Waals surface area contributed by atoms with Gasteiger partial charge in [-0.15, -0.1) is 0 Å². The van der Waals surface area contributed by atoms with E-state index < -0.39 is 0 Å². The van der Waals surface area contributed by atoms with Crippen molar-refractivity contribution in [1.29, 1.82) is 0 Å². The van der Waals surface area contributed by atoms with Crippen LogP contribution in [0.1, 0.15) is 60.8 Å². The van der Waals surface area contributed by atoms with Crippen LogP contribution >= 0.6 is 0 Å². The van der Waals surface area contributed by atoms with Crippen molar-refractivity contribution in [1.82, 2.24) is 0 Å². The Morgan fingerprint density at radius 3 is 2.50 bits per heavy atom. The Kier molecular flexibility index (Phi) is 4.26. The number of hydrogen-bond donors (Lipinski definition) is 0. The standard InChI is InChI=1S/C23H27N/c1-18-10-11-20-15-23(12-6-3-7-13-23)16-22(21(20)14-18)24-17-19-8-4-2-5-9-19/h2,4-5,8-11,14H,3,6-7,12-13,15-17H2,1H3. The Morgan fingerprint density at radius 2 is 1.71 bits per heavy atom. The van der Waals surface area contributed by atoms with Gasteiger partial charge in [0, 0.05) is 5.71 Å². The molecule has 0 bridgehead atoms. The van der Waals surface area contributed by atoms with Crippen LogP contribution in [0.25, 0.3) is 0 Å². The van der Waals surface area contributed by atoms with E-state index in [2.05, 4.69) is 55.5 Å². The second kappa shape index (κ2) is 6.55. The van der Waals surface area contributed by atoms with Crippen molar-refractivity contribution in [2.45, 2.75) is 58.4 Å². The summed E-state index contributed by atoms with van der Waals surface area (Å²) in [5.41, 5.74) is 7.44. The summed E-state index contributed by atoms with van der Waals surface area (Å²) in [6.45, 7) is 3.00. The maximum atomic E-state index is 5.10. The molecule has 124 valence electrons.